The number of amides is 9. The van der Waals surface area contributed by atoms with Crippen molar-refractivity contribution < 1.29 is 70.7 Å². The van der Waals surface area contributed by atoms with E-state index in [1.165, 1.54) is 34.6 Å². The number of aromatic carboxylic acids is 1. The standard InChI is InChI=1S/C73H85N13O15S2/c1-44(2)61(82-58(87)15-7-6-10-27-85-59(88)24-25-60(85)89)65(92)80-56(13-11-26-76-67(74)95)64(91)78-49-20-16-46(17-21-49)36-100-69(96)84(29-31-103(97,98)99)28-30-101-73-40-70(4)37-71(5,41-73)39-72(38-70,42-73)43-86-45(3)52(35-77-86)50-22-23-54(79-62(50)66(93)94)47-18-19-48-33-75-34-53(51(48)32-47)63(90)83-68-81-55-12-8-9-14-57(55)102-68/h8-9,12,14,16-25,32-35,44,56,61H,6-7,10-11,13,15,26-31,36-43H2,1-5H3,(H,78,91)(H,80,92)(H,82,87)(H,93,94)(H3,74,76,95)(H,81,83,90)(H,97,98,99)/t56-,61-,70?,71?,72?,73?/m0/s1. The Bertz CT molecular complexity index is 4530. The van der Waals surface area contributed by atoms with Gasteiger partial charge in [0.25, 0.3) is 27.8 Å². The average molecular weight is 1450 g/mol. The molecule has 4 saturated carbocycles. The van der Waals surface area contributed by atoms with Crippen LogP contribution in [0.2, 0.25) is 0 Å². The Balaban J connectivity index is 0.707. The number of carboxylic acids is 1. The van der Waals surface area contributed by atoms with Crippen LogP contribution in [-0.2, 0) is 56.7 Å². The summed E-state index contributed by atoms with van der Waals surface area (Å²) >= 11 is 1.36. The third-order valence-electron chi connectivity index (χ3n) is 19.7. The summed E-state index contributed by atoms with van der Waals surface area (Å²) in [4.78, 5) is 133. The molecule has 4 fully saturated rings. The van der Waals surface area contributed by atoms with Gasteiger partial charge in [0.15, 0.2) is 10.8 Å². The molecule has 4 aromatic heterocycles. The van der Waals surface area contributed by atoms with Crippen LogP contribution in [0.3, 0.4) is 0 Å². The Morgan fingerprint density at radius 3 is 2.23 bits per heavy atom. The smallest absolute Gasteiger partial charge is 0.410 e. The number of thiazole rings is 1. The molecule has 0 saturated heterocycles. The van der Waals surface area contributed by atoms with Crippen molar-refractivity contribution in [2.24, 2.45) is 27.9 Å². The summed E-state index contributed by atoms with van der Waals surface area (Å²) in [6, 6.07) is 19.9. The number of hydrogen-bond donors (Lipinski definition) is 8. The predicted molar refractivity (Wildman–Crippen MR) is 384 cm³/mol. The van der Waals surface area contributed by atoms with Crippen LogP contribution in [0.5, 0.6) is 0 Å². The maximum Gasteiger partial charge on any atom is 0.410 e. The van der Waals surface area contributed by atoms with E-state index in [0.29, 0.717) is 87.3 Å². The van der Waals surface area contributed by atoms with Crippen molar-refractivity contribution in [2.45, 2.75) is 143 Å². The summed E-state index contributed by atoms with van der Waals surface area (Å²) in [5.41, 5.74) is 8.52. The molecule has 9 N–H and O–H groups in total. The molecule has 103 heavy (non-hydrogen) atoms. The number of carbonyl (C=O) groups excluding carboxylic acids is 8. The molecule has 4 aliphatic carbocycles. The van der Waals surface area contributed by atoms with E-state index in [0.717, 1.165) is 52.9 Å². The lowest BCUT2D eigenvalue weighted by Gasteiger charge is -2.69. The number of hydrogen-bond acceptors (Lipinski definition) is 18. The van der Waals surface area contributed by atoms with Crippen molar-refractivity contribution >= 4 is 107 Å². The molecule has 0 spiro atoms. The van der Waals surface area contributed by atoms with Gasteiger partial charge in [-0.25, -0.2) is 24.4 Å². The van der Waals surface area contributed by atoms with E-state index in [1.54, 1.807) is 68.7 Å². The van der Waals surface area contributed by atoms with E-state index in [2.05, 4.69) is 50.4 Å². The van der Waals surface area contributed by atoms with Crippen LogP contribution in [0.4, 0.5) is 20.4 Å². The number of carboxylic acid groups (broad SMARTS) is 1. The minimum absolute atomic E-state index is 0.0195. The van der Waals surface area contributed by atoms with Crippen molar-refractivity contribution in [3.05, 3.63) is 132 Å². The number of imide groups is 1. The molecule has 9 amide bonds. The summed E-state index contributed by atoms with van der Waals surface area (Å²) in [5.74, 6) is -5.15. The Kier molecular flexibility index (Phi) is 22.2. The van der Waals surface area contributed by atoms with Crippen molar-refractivity contribution in [1.29, 1.82) is 0 Å². The molecular weight excluding hydrogens is 1360 g/mol. The summed E-state index contributed by atoms with van der Waals surface area (Å²) < 4.78 is 49.6. The van der Waals surface area contributed by atoms with Gasteiger partial charge in [0.2, 0.25) is 17.7 Å². The van der Waals surface area contributed by atoms with Crippen molar-refractivity contribution in [3.8, 4) is 22.4 Å². The van der Waals surface area contributed by atoms with Gasteiger partial charge >= 0.3 is 18.1 Å². The van der Waals surface area contributed by atoms with Gasteiger partial charge in [0, 0.05) is 97.1 Å². The second kappa shape index (κ2) is 30.9. The number of aromatic nitrogens is 5. The molecule has 3 aromatic carbocycles. The SMILES string of the molecule is Cc1c(-c2ccc(-c3ccc4cncc(C(=O)Nc5nc6ccccc6s5)c4c3)nc2C(=O)O)cnn1CC12CC3(C)CC(C)(C1)CC(OCCN(CCS(=O)(=O)O)C(=O)OCc1ccc(NC(=O)[C@H](CCCNC(N)=O)NC(=O)[C@@H](NC(=O)CCCCCN4C(=O)C=CC4=O)C(C)C)cc1)(C3)C2. The summed E-state index contributed by atoms with van der Waals surface area (Å²) in [5, 5.41) is 31.1. The topological polar surface area (TPSA) is 396 Å². The largest absolute Gasteiger partial charge is 0.476 e. The molecule has 5 heterocycles. The lowest BCUT2D eigenvalue weighted by molar-refractivity contribution is -0.248. The Morgan fingerprint density at radius 1 is 0.796 bits per heavy atom. The highest BCUT2D eigenvalue weighted by atomic mass is 32.2. The highest BCUT2D eigenvalue weighted by Gasteiger charge is 2.66. The Hall–Kier alpha value is -10.0. The minimum Gasteiger partial charge on any atom is -0.476 e. The number of anilines is 2. The summed E-state index contributed by atoms with van der Waals surface area (Å²) in [7, 11) is -4.52. The van der Waals surface area contributed by atoms with Crippen LogP contribution >= 0.6 is 11.3 Å². The number of benzene rings is 3. The van der Waals surface area contributed by atoms with Crippen molar-refractivity contribution in [2.75, 3.05) is 49.2 Å². The second-order valence-corrected chi connectivity index (χ2v) is 31.3. The first-order valence-corrected chi connectivity index (χ1v) is 36.8. The maximum absolute atomic E-state index is 13.9. The number of nitrogens with two attached hydrogens (primary N) is 1. The van der Waals surface area contributed by atoms with Crippen LogP contribution in [0.25, 0.3) is 43.4 Å². The summed E-state index contributed by atoms with van der Waals surface area (Å²) in [6.45, 7) is 10.1. The zero-order valence-corrected chi connectivity index (χ0v) is 59.6. The van der Waals surface area contributed by atoms with Crippen LogP contribution in [0.15, 0.2) is 110 Å². The molecule has 28 nitrogen and oxygen atoms in total. The first kappa shape index (κ1) is 74.2. The first-order chi connectivity index (χ1) is 49.0. The highest BCUT2D eigenvalue weighted by molar-refractivity contribution is 7.85. The molecule has 1 aliphatic heterocycles. The second-order valence-electron chi connectivity index (χ2n) is 28.7. The first-order valence-electron chi connectivity index (χ1n) is 34.4. The van der Waals surface area contributed by atoms with Crippen LogP contribution in [-0.4, -0.2) is 162 Å². The number of ether oxygens (including phenoxy) is 2. The van der Waals surface area contributed by atoms with Gasteiger partial charge in [0.05, 0.1) is 45.6 Å². The van der Waals surface area contributed by atoms with Crippen LogP contribution in [0, 0.1) is 29.1 Å². The number of urea groups is 1. The van der Waals surface area contributed by atoms with Crippen LogP contribution < -0.4 is 32.3 Å². The number of fused-ring (bicyclic) bond motifs is 2. The normalized spacial score (nSPS) is 20.3. The lowest BCUT2D eigenvalue weighted by atomic mass is 9.39. The van der Waals surface area contributed by atoms with E-state index in [9.17, 15) is 61.2 Å². The number of pyridine rings is 2. The molecular formula is C73H85N13O15S2. The fourth-order valence-corrected chi connectivity index (χ4v) is 17.5. The molecule has 4 bridgehead atoms. The van der Waals surface area contributed by atoms with Crippen molar-refractivity contribution in [1.82, 2.24) is 50.5 Å². The van der Waals surface area contributed by atoms with Gasteiger partial charge < -0.3 is 46.5 Å². The van der Waals surface area contributed by atoms with E-state index < -0.39 is 81.8 Å². The monoisotopic (exact) mass is 1450 g/mol. The quantitative estimate of drug-likeness (QED) is 0.0111. The van der Waals surface area contributed by atoms with Gasteiger partial charge in [-0.3, -0.25) is 53.2 Å². The number of para-hydroxylation sites is 1. The predicted octanol–water partition coefficient (Wildman–Crippen LogP) is 9.19. The maximum atomic E-state index is 13.9. The summed E-state index contributed by atoms with van der Waals surface area (Å²) in [6.07, 6.45) is 13.2. The zero-order valence-electron chi connectivity index (χ0n) is 58.0. The number of nitrogens with one attached hydrogen (secondary N) is 5. The molecule has 544 valence electrons. The Morgan fingerprint density at radius 2 is 1.53 bits per heavy atom. The number of nitrogens with zero attached hydrogens (tertiary/aromatic N) is 7. The van der Waals surface area contributed by atoms with Crippen LogP contribution in [0.1, 0.15) is 137 Å². The fraction of sp³-hybridized carbons (Fsp3) is 0.438. The molecule has 12 rings (SSSR count). The number of primary amides is 1. The van der Waals surface area contributed by atoms with Gasteiger partial charge in [-0.05, 0) is 147 Å². The Labute approximate surface area is 599 Å². The molecule has 0 radical (unpaired) electrons. The van der Waals surface area contributed by atoms with Crippen molar-refractivity contribution in [3.63, 3.8) is 0 Å². The van der Waals surface area contributed by atoms with E-state index in [1.807, 2.05) is 48.0 Å². The fourth-order valence-electron chi connectivity index (χ4n) is 16.2. The molecule has 2 unspecified atom stereocenters. The third-order valence-corrected chi connectivity index (χ3v) is 21.4. The average Bonchev–Trinajstić information content (AvgIpc) is 0.895. The van der Waals surface area contributed by atoms with E-state index in [4.69, 9.17) is 25.3 Å². The van der Waals surface area contributed by atoms with Gasteiger partial charge in [-0.1, -0.05) is 81.9 Å². The highest BCUT2D eigenvalue weighted by Crippen LogP contribution is 2.72. The molecule has 5 aliphatic rings. The van der Waals surface area contributed by atoms with Gasteiger partial charge in [0.1, 0.15) is 18.7 Å². The lowest BCUT2D eigenvalue weighted by Crippen LogP contribution is -2.64. The van der Waals surface area contributed by atoms with Gasteiger partial charge in [-0.15, -0.1) is 0 Å². The number of unbranched alkanes of at least 4 members (excludes halogenated alkanes) is 2. The molecule has 4 atom stereocenters. The zero-order chi connectivity index (χ0) is 73.6. The third kappa shape index (κ3) is 18.1. The number of rotatable bonds is 32. The van der Waals surface area contributed by atoms with E-state index >= 15 is 0 Å². The molecule has 7 aromatic rings. The van der Waals surface area contributed by atoms with Gasteiger partial charge in [-0.2, -0.15) is 13.5 Å². The minimum atomic E-state index is -4.52. The number of carbonyl (C=O) groups is 9. The molecule has 30 heteroatoms. The van der Waals surface area contributed by atoms with E-state index in [-0.39, 0.29) is 91.8 Å².